The third kappa shape index (κ3) is 1.48. The normalized spacial score (nSPS) is 43.0. The maximum atomic E-state index is 5.62. The second-order valence-corrected chi connectivity index (χ2v) is 5.92. The summed E-state index contributed by atoms with van der Waals surface area (Å²) in [5.41, 5.74) is 6.00. The fourth-order valence-electron chi connectivity index (χ4n) is 2.58. The van der Waals surface area contributed by atoms with Crippen molar-refractivity contribution in [3.63, 3.8) is 0 Å². The van der Waals surface area contributed by atoms with Gasteiger partial charge in [-0.2, -0.15) is 0 Å². The summed E-state index contributed by atoms with van der Waals surface area (Å²) in [7, 11) is 0. The third-order valence-corrected chi connectivity index (χ3v) is 4.06. The largest absolute Gasteiger partial charge is 0.358 e. The van der Waals surface area contributed by atoms with E-state index in [0.717, 1.165) is 5.92 Å². The number of nitrogens with two attached hydrogens (primary N) is 1. The molecule has 2 aliphatic rings. The van der Waals surface area contributed by atoms with E-state index in [4.69, 9.17) is 17.3 Å². The third-order valence-electron chi connectivity index (χ3n) is 3.09. The Hall–Kier alpha value is 0.440. The number of hydrogen-bond acceptors (Lipinski definition) is 1. The minimum atomic E-state index is -0.806. The fourth-order valence-corrected chi connectivity index (χ4v) is 3.95. The minimum absolute atomic E-state index is 0.382. The Bertz CT molecular complexity index is 187. The van der Waals surface area contributed by atoms with Crippen LogP contribution < -0.4 is 10.6 Å². The van der Waals surface area contributed by atoms with Crippen molar-refractivity contribution in [2.24, 2.45) is 11.4 Å². The lowest BCUT2D eigenvalue weighted by atomic mass is 9.95. The summed E-state index contributed by atoms with van der Waals surface area (Å²) >= 11 is 5.00. The van der Waals surface area contributed by atoms with Gasteiger partial charge in [-0.3, -0.25) is 0 Å². The Morgan fingerprint density at radius 3 is 2.45 bits per heavy atom. The molecular weight excluding hydrogens is 175 g/mol. The van der Waals surface area contributed by atoms with Crippen molar-refractivity contribution in [1.29, 1.82) is 0 Å². The van der Waals surface area contributed by atoms with Crippen LogP contribution in [0.25, 0.3) is 0 Å². The van der Waals surface area contributed by atoms with Crippen molar-refractivity contribution in [1.82, 2.24) is 5.09 Å². The molecule has 11 heavy (non-hydrogen) atoms. The first-order valence-corrected chi connectivity index (χ1v) is 6.62. The van der Waals surface area contributed by atoms with Crippen LogP contribution in [-0.2, 0) is 11.8 Å². The van der Waals surface area contributed by atoms with Crippen molar-refractivity contribution in [2.75, 3.05) is 0 Å². The van der Waals surface area contributed by atoms with Gasteiger partial charge in [0, 0.05) is 0 Å². The SMILES string of the molecule is N[P+](=S)NC12CCC(CC1)C2. The summed E-state index contributed by atoms with van der Waals surface area (Å²) in [4.78, 5) is 0. The van der Waals surface area contributed by atoms with Gasteiger partial charge in [0.25, 0.3) is 0 Å². The Kier molecular flexibility index (Phi) is 2.00. The van der Waals surface area contributed by atoms with Crippen LogP contribution in [0.15, 0.2) is 0 Å². The van der Waals surface area contributed by atoms with Gasteiger partial charge in [-0.1, -0.05) is 0 Å². The minimum Gasteiger partial charge on any atom is -0.129 e. The van der Waals surface area contributed by atoms with E-state index in [1.54, 1.807) is 0 Å². The molecule has 0 aromatic carbocycles. The highest BCUT2D eigenvalue weighted by Gasteiger charge is 2.47. The van der Waals surface area contributed by atoms with Gasteiger partial charge >= 0.3 is 7.00 Å². The topological polar surface area (TPSA) is 38.0 Å². The first-order valence-electron chi connectivity index (χ1n) is 4.20. The van der Waals surface area contributed by atoms with E-state index in [2.05, 4.69) is 5.09 Å². The highest BCUT2D eigenvalue weighted by Crippen LogP contribution is 2.48. The van der Waals surface area contributed by atoms with Crippen molar-refractivity contribution < 1.29 is 0 Å². The lowest BCUT2D eigenvalue weighted by molar-refractivity contribution is 0.391. The van der Waals surface area contributed by atoms with Crippen LogP contribution in [0, 0.1) is 5.92 Å². The molecule has 1 atom stereocenters. The van der Waals surface area contributed by atoms with Crippen molar-refractivity contribution in [3.05, 3.63) is 0 Å². The van der Waals surface area contributed by atoms with Crippen LogP contribution in [0.1, 0.15) is 32.1 Å². The molecule has 0 amide bonds. The van der Waals surface area contributed by atoms with Crippen LogP contribution in [-0.4, -0.2) is 5.54 Å². The summed E-state index contributed by atoms with van der Waals surface area (Å²) in [6.07, 6.45) is 6.74. The molecular formula is C7H14N2PS+. The summed E-state index contributed by atoms with van der Waals surface area (Å²) in [6, 6.07) is 0. The molecule has 2 nitrogen and oxygen atoms in total. The predicted octanol–water partition coefficient (Wildman–Crippen LogP) is 1.64. The van der Waals surface area contributed by atoms with Crippen LogP contribution in [0.4, 0.5) is 0 Å². The van der Waals surface area contributed by atoms with Crippen LogP contribution >= 0.6 is 7.00 Å². The summed E-state index contributed by atoms with van der Waals surface area (Å²) in [6.45, 7) is -0.806. The zero-order chi connectivity index (χ0) is 7.90. The molecule has 2 rings (SSSR count). The van der Waals surface area contributed by atoms with Crippen molar-refractivity contribution in [3.8, 4) is 0 Å². The number of hydrogen-bond donors (Lipinski definition) is 2. The molecule has 2 saturated carbocycles. The van der Waals surface area contributed by atoms with Gasteiger partial charge in [0.05, 0.1) is 5.54 Å². The molecule has 4 heteroatoms. The van der Waals surface area contributed by atoms with E-state index < -0.39 is 7.00 Å². The molecule has 1 unspecified atom stereocenters. The molecule has 2 bridgehead atoms. The number of rotatable bonds is 2. The second kappa shape index (κ2) is 2.74. The van der Waals surface area contributed by atoms with E-state index >= 15 is 0 Å². The Morgan fingerprint density at radius 1 is 1.45 bits per heavy atom. The Balaban J connectivity index is 2.05. The highest BCUT2D eigenvalue weighted by atomic mass is 32.4. The number of nitrogens with one attached hydrogen (secondary N) is 1. The van der Waals surface area contributed by atoms with Gasteiger partial charge < -0.3 is 0 Å². The molecule has 0 aromatic rings. The lowest BCUT2D eigenvalue weighted by Gasteiger charge is -2.21. The quantitative estimate of drug-likeness (QED) is 0.648. The second-order valence-electron chi connectivity index (χ2n) is 3.87. The van der Waals surface area contributed by atoms with Crippen molar-refractivity contribution >= 4 is 18.8 Å². The average molecular weight is 189 g/mol. The highest BCUT2D eigenvalue weighted by molar-refractivity contribution is 8.03. The lowest BCUT2D eigenvalue weighted by Crippen LogP contribution is -2.37. The molecule has 3 N–H and O–H groups in total. The average Bonchev–Trinajstić information content (AvgIpc) is 2.43. The van der Waals surface area contributed by atoms with Crippen LogP contribution in [0.5, 0.6) is 0 Å². The maximum Gasteiger partial charge on any atom is 0.358 e. The van der Waals surface area contributed by atoms with Gasteiger partial charge in [0.1, 0.15) is 0 Å². The molecule has 2 fully saturated rings. The van der Waals surface area contributed by atoms with Crippen molar-refractivity contribution in [2.45, 2.75) is 37.6 Å². The van der Waals surface area contributed by atoms with Crippen LogP contribution in [0.2, 0.25) is 0 Å². The van der Waals surface area contributed by atoms with Gasteiger partial charge in [-0.25, -0.2) is 0 Å². The van der Waals surface area contributed by atoms with Gasteiger partial charge in [-0.15, -0.1) is 10.6 Å². The Morgan fingerprint density at radius 2 is 2.09 bits per heavy atom. The smallest absolute Gasteiger partial charge is 0.129 e. The van der Waals surface area contributed by atoms with E-state index in [1.807, 2.05) is 0 Å². The first-order chi connectivity index (χ1) is 5.20. The summed E-state index contributed by atoms with van der Waals surface area (Å²) < 4.78 is 0. The van der Waals surface area contributed by atoms with Crippen LogP contribution in [0.3, 0.4) is 0 Å². The predicted molar refractivity (Wildman–Crippen MR) is 50.9 cm³/mol. The molecule has 2 aliphatic carbocycles. The van der Waals surface area contributed by atoms with Gasteiger partial charge in [-0.05, 0) is 38.0 Å². The molecule has 0 spiro atoms. The van der Waals surface area contributed by atoms with Gasteiger partial charge in [0.2, 0.25) is 11.8 Å². The van der Waals surface area contributed by atoms with E-state index in [-0.39, 0.29) is 0 Å². The van der Waals surface area contributed by atoms with E-state index in [0.29, 0.717) is 5.54 Å². The molecule has 62 valence electrons. The van der Waals surface area contributed by atoms with E-state index in [9.17, 15) is 0 Å². The molecule has 0 aliphatic heterocycles. The molecule has 0 radical (unpaired) electrons. The zero-order valence-corrected chi connectivity index (χ0v) is 8.26. The molecule has 0 saturated heterocycles. The molecule has 0 aromatic heterocycles. The fraction of sp³-hybridized carbons (Fsp3) is 1.00. The summed E-state index contributed by atoms with van der Waals surface area (Å²) in [5.74, 6) is 0.979. The summed E-state index contributed by atoms with van der Waals surface area (Å²) in [5, 5.41) is 3.40. The standard InChI is InChI=1S/C7H14N2PS/c8-10(11)9-7-3-1-6(5-7)2-4-7/h6H,1-5H2,(H3,8,9,11)/q+1. The molecule has 0 heterocycles. The maximum absolute atomic E-state index is 5.62. The number of fused-ring (bicyclic) bond motifs is 2. The zero-order valence-electron chi connectivity index (χ0n) is 6.55. The van der Waals surface area contributed by atoms with E-state index in [1.165, 1.54) is 32.1 Å². The Labute approximate surface area is 73.5 Å². The van der Waals surface area contributed by atoms with Gasteiger partial charge in [0.15, 0.2) is 0 Å². The first kappa shape index (κ1) is 8.06. The monoisotopic (exact) mass is 189 g/mol.